The van der Waals surface area contributed by atoms with Gasteiger partial charge >= 0.3 is 0 Å². The van der Waals surface area contributed by atoms with Gasteiger partial charge in [0.05, 0.1) is 12.2 Å². The van der Waals surface area contributed by atoms with Crippen LogP contribution >= 0.6 is 0 Å². The fourth-order valence-electron chi connectivity index (χ4n) is 3.96. The number of nitrogens with one attached hydrogen (secondary N) is 2. The largest absolute Gasteiger partial charge is 0.385 e. The SMILES string of the molecule is CCNC(=NCc1cccc(-n2cccn2)c1)NCC1(CCOC)CCCC1. The smallest absolute Gasteiger partial charge is 0.191 e. The van der Waals surface area contributed by atoms with Gasteiger partial charge in [0, 0.05) is 39.2 Å². The lowest BCUT2D eigenvalue weighted by Gasteiger charge is -2.30. The number of hydrogen-bond acceptors (Lipinski definition) is 3. The Morgan fingerprint density at radius 1 is 1.25 bits per heavy atom. The summed E-state index contributed by atoms with van der Waals surface area (Å²) in [6.07, 6.45) is 10.0. The Labute approximate surface area is 168 Å². The monoisotopic (exact) mass is 383 g/mol. The number of aromatic nitrogens is 2. The Balaban J connectivity index is 1.63. The highest BCUT2D eigenvalue weighted by Gasteiger charge is 2.33. The molecule has 0 saturated heterocycles. The molecular weight excluding hydrogens is 350 g/mol. The quantitative estimate of drug-likeness (QED) is 0.514. The molecule has 0 radical (unpaired) electrons. The number of methoxy groups -OCH3 is 1. The molecule has 0 atom stereocenters. The normalized spacial score (nSPS) is 16.3. The summed E-state index contributed by atoms with van der Waals surface area (Å²) in [5.74, 6) is 0.885. The van der Waals surface area contributed by atoms with Crippen LogP contribution < -0.4 is 10.6 Å². The maximum atomic E-state index is 5.35. The average molecular weight is 384 g/mol. The van der Waals surface area contributed by atoms with E-state index in [-0.39, 0.29) is 0 Å². The number of rotatable bonds is 9. The molecule has 6 heteroatoms. The van der Waals surface area contributed by atoms with E-state index in [9.17, 15) is 0 Å². The second kappa shape index (κ2) is 10.3. The Morgan fingerprint density at radius 3 is 2.82 bits per heavy atom. The third-order valence-electron chi connectivity index (χ3n) is 5.58. The number of guanidine groups is 1. The van der Waals surface area contributed by atoms with Gasteiger partial charge in [0.25, 0.3) is 0 Å². The molecule has 2 aromatic rings. The number of ether oxygens (including phenoxy) is 1. The molecule has 3 rings (SSSR count). The van der Waals surface area contributed by atoms with Crippen molar-refractivity contribution >= 4 is 5.96 Å². The van der Waals surface area contributed by atoms with E-state index in [1.165, 1.54) is 31.2 Å². The lowest BCUT2D eigenvalue weighted by molar-refractivity contribution is 0.138. The molecule has 1 aromatic carbocycles. The van der Waals surface area contributed by atoms with Gasteiger partial charge in [-0.2, -0.15) is 5.10 Å². The number of hydrogen-bond donors (Lipinski definition) is 2. The van der Waals surface area contributed by atoms with E-state index in [0.717, 1.165) is 37.8 Å². The Morgan fingerprint density at radius 2 is 2.11 bits per heavy atom. The lowest BCUT2D eigenvalue weighted by atomic mass is 9.83. The first-order valence-corrected chi connectivity index (χ1v) is 10.3. The summed E-state index contributed by atoms with van der Waals surface area (Å²) in [5.41, 5.74) is 2.56. The minimum Gasteiger partial charge on any atom is -0.385 e. The Kier molecular flexibility index (Phi) is 7.48. The molecule has 0 spiro atoms. The van der Waals surface area contributed by atoms with Crippen molar-refractivity contribution in [3.63, 3.8) is 0 Å². The topological polar surface area (TPSA) is 63.5 Å². The fourth-order valence-corrected chi connectivity index (χ4v) is 3.96. The minimum atomic E-state index is 0.339. The summed E-state index contributed by atoms with van der Waals surface area (Å²) < 4.78 is 7.22. The van der Waals surface area contributed by atoms with Crippen molar-refractivity contribution < 1.29 is 4.74 Å². The zero-order chi connectivity index (χ0) is 19.7. The molecule has 1 aromatic heterocycles. The molecule has 1 saturated carbocycles. The highest BCUT2D eigenvalue weighted by atomic mass is 16.5. The fraction of sp³-hybridized carbons (Fsp3) is 0.545. The highest BCUT2D eigenvalue weighted by molar-refractivity contribution is 5.79. The van der Waals surface area contributed by atoms with E-state index in [2.05, 4.69) is 46.9 Å². The molecule has 0 bridgehead atoms. The maximum Gasteiger partial charge on any atom is 0.191 e. The molecular formula is C22H33N5O. The van der Waals surface area contributed by atoms with E-state index in [1.54, 1.807) is 13.3 Å². The van der Waals surface area contributed by atoms with E-state index in [1.807, 2.05) is 16.9 Å². The maximum absolute atomic E-state index is 5.35. The lowest BCUT2D eigenvalue weighted by Crippen LogP contribution is -2.43. The second-order valence-electron chi connectivity index (χ2n) is 7.62. The van der Waals surface area contributed by atoms with Crippen LogP contribution in [-0.4, -0.2) is 42.5 Å². The molecule has 0 amide bonds. The average Bonchev–Trinajstić information content (AvgIpc) is 3.42. The minimum absolute atomic E-state index is 0.339. The van der Waals surface area contributed by atoms with Crippen LogP contribution in [0.2, 0.25) is 0 Å². The van der Waals surface area contributed by atoms with Gasteiger partial charge in [0.2, 0.25) is 0 Å². The van der Waals surface area contributed by atoms with Crippen molar-refractivity contribution in [2.45, 2.75) is 45.6 Å². The van der Waals surface area contributed by atoms with Crippen molar-refractivity contribution in [1.29, 1.82) is 0 Å². The highest BCUT2D eigenvalue weighted by Crippen LogP contribution is 2.40. The summed E-state index contributed by atoms with van der Waals surface area (Å²) in [6, 6.07) is 10.3. The standard InChI is InChI=1S/C22H33N5O/c1-3-23-21(25-18-22(12-15-28-2)10-4-5-11-22)24-17-19-8-6-9-20(16-19)27-14-7-13-26-27/h6-9,13-14,16H,3-5,10-12,15,17-18H2,1-2H3,(H2,23,24,25). The number of benzene rings is 1. The summed E-state index contributed by atoms with van der Waals surface area (Å²) in [6.45, 7) is 5.37. The predicted molar refractivity (Wildman–Crippen MR) is 114 cm³/mol. The van der Waals surface area contributed by atoms with Crippen LogP contribution in [0, 0.1) is 5.41 Å². The van der Waals surface area contributed by atoms with Crippen LogP contribution in [0.25, 0.3) is 5.69 Å². The summed E-state index contributed by atoms with van der Waals surface area (Å²) in [7, 11) is 1.79. The molecule has 1 fully saturated rings. The van der Waals surface area contributed by atoms with Crippen molar-refractivity contribution in [2.75, 3.05) is 26.8 Å². The molecule has 0 unspecified atom stereocenters. The first kappa shape index (κ1) is 20.4. The van der Waals surface area contributed by atoms with Crippen molar-refractivity contribution in [2.24, 2.45) is 10.4 Å². The van der Waals surface area contributed by atoms with Gasteiger partial charge in [-0.05, 0) is 55.4 Å². The molecule has 152 valence electrons. The molecule has 1 heterocycles. The summed E-state index contributed by atoms with van der Waals surface area (Å²) in [5, 5.41) is 11.3. The van der Waals surface area contributed by atoms with Gasteiger partial charge < -0.3 is 15.4 Å². The zero-order valence-corrected chi connectivity index (χ0v) is 17.2. The van der Waals surface area contributed by atoms with E-state index >= 15 is 0 Å². The first-order valence-electron chi connectivity index (χ1n) is 10.3. The van der Waals surface area contributed by atoms with Crippen LogP contribution in [0.5, 0.6) is 0 Å². The summed E-state index contributed by atoms with van der Waals surface area (Å²) >= 11 is 0. The van der Waals surface area contributed by atoms with Gasteiger partial charge in [-0.15, -0.1) is 0 Å². The van der Waals surface area contributed by atoms with E-state index < -0.39 is 0 Å². The van der Waals surface area contributed by atoms with Gasteiger partial charge in [-0.3, -0.25) is 0 Å². The van der Waals surface area contributed by atoms with Crippen LogP contribution in [0.3, 0.4) is 0 Å². The Bertz CT molecular complexity index is 735. The number of nitrogens with zero attached hydrogens (tertiary/aromatic N) is 3. The third-order valence-corrected chi connectivity index (χ3v) is 5.58. The number of aliphatic imine (C=N–C) groups is 1. The molecule has 28 heavy (non-hydrogen) atoms. The van der Waals surface area contributed by atoms with Crippen molar-refractivity contribution in [3.05, 3.63) is 48.3 Å². The van der Waals surface area contributed by atoms with Gasteiger partial charge in [-0.25, -0.2) is 9.67 Å². The van der Waals surface area contributed by atoms with Crippen LogP contribution in [0.15, 0.2) is 47.7 Å². The predicted octanol–water partition coefficient (Wildman–Crippen LogP) is 3.52. The molecule has 6 nitrogen and oxygen atoms in total. The second-order valence-corrected chi connectivity index (χ2v) is 7.62. The zero-order valence-electron chi connectivity index (χ0n) is 17.2. The molecule has 1 aliphatic rings. The van der Waals surface area contributed by atoms with Gasteiger partial charge in [-0.1, -0.05) is 25.0 Å². The van der Waals surface area contributed by atoms with E-state index in [0.29, 0.717) is 12.0 Å². The van der Waals surface area contributed by atoms with Crippen LogP contribution in [0.1, 0.15) is 44.6 Å². The molecule has 2 N–H and O–H groups in total. The van der Waals surface area contributed by atoms with Crippen LogP contribution in [0.4, 0.5) is 0 Å². The molecule has 0 aliphatic heterocycles. The van der Waals surface area contributed by atoms with E-state index in [4.69, 9.17) is 9.73 Å². The van der Waals surface area contributed by atoms with Gasteiger partial charge in [0.15, 0.2) is 5.96 Å². The van der Waals surface area contributed by atoms with Crippen molar-refractivity contribution in [1.82, 2.24) is 20.4 Å². The van der Waals surface area contributed by atoms with Gasteiger partial charge in [0.1, 0.15) is 0 Å². The van der Waals surface area contributed by atoms with Crippen LogP contribution in [-0.2, 0) is 11.3 Å². The third kappa shape index (κ3) is 5.58. The molecule has 1 aliphatic carbocycles. The Hall–Kier alpha value is -2.34. The first-order chi connectivity index (χ1) is 13.7. The van der Waals surface area contributed by atoms with Crippen molar-refractivity contribution in [3.8, 4) is 5.69 Å². The summed E-state index contributed by atoms with van der Waals surface area (Å²) in [4.78, 5) is 4.81.